The Hall–Kier alpha value is -3.48. The van der Waals surface area contributed by atoms with Crippen LogP contribution in [-0.4, -0.2) is 35.9 Å². The number of hydrogen-bond acceptors (Lipinski definition) is 5. The molecule has 0 unspecified atom stereocenters. The van der Waals surface area contributed by atoms with E-state index >= 15 is 0 Å². The quantitative estimate of drug-likeness (QED) is 0.527. The van der Waals surface area contributed by atoms with Crippen molar-refractivity contribution in [3.63, 3.8) is 0 Å². The summed E-state index contributed by atoms with van der Waals surface area (Å²) in [5.41, 5.74) is 4.93. The van der Waals surface area contributed by atoms with Crippen molar-refractivity contribution in [1.29, 1.82) is 0 Å². The summed E-state index contributed by atoms with van der Waals surface area (Å²) >= 11 is 0. The fourth-order valence-electron chi connectivity index (χ4n) is 2.04. The molecular weight excluding hydrogens is 304 g/mol. The molecule has 0 aliphatic heterocycles. The Morgan fingerprint density at radius 3 is 1.58 bits per heavy atom. The van der Waals surface area contributed by atoms with Gasteiger partial charge in [0, 0.05) is 11.1 Å². The molecule has 24 heavy (non-hydrogen) atoms. The third-order valence-electron chi connectivity index (χ3n) is 3.34. The van der Waals surface area contributed by atoms with Crippen molar-refractivity contribution in [2.75, 3.05) is 0 Å². The molecule has 2 heterocycles. The predicted molar refractivity (Wildman–Crippen MR) is 90.0 cm³/mol. The topological polar surface area (TPSA) is 103 Å². The second-order valence-corrected chi connectivity index (χ2v) is 5.12. The zero-order valence-corrected chi connectivity index (χ0v) is 13.0. The van der Waals surface area contributed by atoms with Crippen molar-refractivity contribution < 1.29 is 5.11 Å². The highest BCUT2D eigenvalue weighted by Crippen LogP contribution is 2.18. The fraction of sp³-hybridized carbons (Fsp3) is 0.0588. The molecule has 0 aliphatic carbocycles. The van der Waals surface area contributed by atoms with Gasteiger partial charge in [-0.3, -0.25) is 0 Å². The Kier molecular flexibility index (Phi) is 4.62. The van der Waals surface area contributed by atoms with Crippen LogP contribution in [0.2, 0.25) is 0 Å². The maximum atomic E-state index is 9.01. The summed E-state index contributed by atoms with van der Waals surface area (Å²) in [6.07, 6.45) is 3.34. The van der Waals surface area contributed by atoms with Crippen molar-refractivity contribution in [1.82, 2.24) is 30.8 Å². The first-order chi connectivity index (χ1) is 11.7. The van der Waals surface area contributed by atoms with Gasteiger partial charge in [0.2, 0.25) is 0 Å². The number of benzene rings is 2. The minimum absolute atomic E-state index is 0.252. The first-order valence-electron chi connectivity index (χ1n) is 7.30. The number of nitrogens with zero attached hydrogens (tertiary/aromatic N) is 4. The summed E-state index contributed by atoms with van der Waals surface area (Å²) in [7, 11) is 0. The molecule has 0 aliphatic rings. The second-order valence-electron chi connectivity index (χ2n) is 5.12. The van der Waals surface area contributed by atoms with Crippen LogP contribution in [0.5, 0.6) is 5.75 Å². The molecule has 0 radical (unpaired) electrons. The summed E-state index contributed by atoms with van der Waals surface area (Å²) < 4.78 is 0. The molecule has 3 N–H and O–H groups in total. The maximum Gasteiger partial charge on any atom is 0.115 e. The van der Waals surface area contributed by atoms with Crippen LogP contribution in [0.3, 0.4) is 0 Å². The molecule has 0 amide bonds. The zero-order valence-electron chi connectivity index (χ0n) is 13.0. The summed E-state index contributed by atoms with van der Waals surface area (Å²) in [6.45, 7) is 2.06. The highest BCUT2D eigenvalue weighted by molar-refractivity contribution is 5.58. The highest BCUT2D eigenvalue weighted by atomic mass is 16.3. The lowest BCUT2D eigenvalue weighted by Crippen LogP contribution is -1.77. The van der Waals surface area contributed by atoms with Crippen molar-refractivity contribution in [2.45, 2.75) is 6.92 Å². The van der Waals surface area contributed by atoms with Crippen LogP contribution in [0.4, 0.5) is 0 Å². The zero-order chi connectivity index (χ0) is 16.8. The van der Waals surface area contributed by atoms with Gasteiger partial charge in [0.05, 0.1) is 12.4 Å². The fourth-order valence-corrected chi connectivity index (χ4v) is 2.04. The monoisotopic (exact) mass is 320 g/mol. The number of aromatic nitrogens is 6. The molecule has 0 atom stereocenters. The van der Waals surface area contributed by atoms with Gasteiger partial charge in [0.1, 0.15) is 17.1 Å². The van der Waals surface area contributed by atoms with Crippen molar-refractivity contribution in [3.8, 4) is 28.3 Å². The minimum Gasteiger partial charge on any atom is -0.508 e. The van der Waals surface area contributed by atoms with Crippen LogP contribution in [0, 0.1) is 6.92 Å². The maximum absolute atomic E-state index is 9.01. The van der Waals surface area contributed by atoms with E-state index in [1.807, 2.05) is 12.1 Å². The molecule has 7 heteroatoms. The van der Waals surface area contributed by atoms with Gasteiger partial charge in [0.25, 0.3) is 0 Å². The van der Waals surface area contributed by atoms with E-state index in [2.05, 4.69) is 49.9 Å². The SMILES string of the molecule is Cc1ccc(-c2cn[nH]n2)cc1.Oc1ccc(-c2cn[nH]n2)cc1. The first kappa shape index (κ1) is 15.4. The van der Waals surface area contributed by atoms with E-state index < -0.39 is 0 Å². The molecule has 7 nitrogen and oxygen atoms in total. The van der Waals surface area contributed by atoms with Gasteiger partial charge in [-0.15, -0.1) is 0 Å². The van der Waals surface area contributed by atoms with E-state index in [0.717, 1.165) is 22.5 Å². The average Bonchev–Trinajstić information content (AvgIpc) is 3.31. The van der Waals surface area contributed by atoms with Gasteiger partial charge in [-0.25, -0.2) is 0 Å². The lowest BCUT2D eigenvalue weighted by molar-refractivity contribution is 0.475. The Morgan fingerprint density at radius 2 is 1.17 bits per heavy atom. The van der Waals surface area contributed by atoms with E-state index in [9.17, 15) is 0 Å². The predicted octanol–water partition coefficient (Wildman–Crippen LogP) is 2.96. The minimum atomic E-state index is 0.252. The first-order valence-corrected chi connectivity index (χ1v) is 7.30. The second kappa shape index (κ2) is 7.19. The molecule has 0 saturated carbocycles. The molecule has 4 aromatic rings. The Morgan fingerprint density at radius 1 is 0.708 bits per heavy atom. The number of H-pyrrole nitrogens is 2. The number of aryl methyl sites for hydroxylation is 1. The molecule has 0 bridgehead atoms. The summed E-state index contributed by atoms with van der Waals surface area (Å²) in [5.74, 6) is 0.252. The summed E-state index contributed by atoms with van der Waals surface area (Å²) in [6, 6.07) is 15.0. The average molecular weight is 320 g/mol. The Bertz CT molecular complexity index is 777. The number of phenols is 1. The van der Waals surface area contributed by atoms with Crippen LogP contribution in [0.1, 0.15) is 5.56 Å². The van der Waals surface area contributed by atoms with Gasteiger partial charge >= 0.3 is 0 Å². The number of phenolic OH excluding ortho intramolecular Hbond substituents is 1. The van der Waals surface area contributed by atoms with Gasteiger partial charge in [-0.1, -0.05) is 29.8 Å². The molecule has 120 valence electrons. The van der Waals surface area contributed by atoms with Crippen molar-refractivity contribution in [3.05, 3.63) is 66.5 Å². The van der Waals surface area contributed by atoms with Crippen LogP contribution >= 0.6 is 0 Å². The van der Waals surface area contributed by atoms with E-state index in [1.165, 1.54) is 5.56 Å². The molecular formula is C17H16N6O. The Balaban J connectivity index is 0.000000141. The van der Waals surface area contributed by atoms with Crippen LogP contribution in [0.25, 0.3) is 22.5 Å². The van der Waals surface area contributed by atoms with Crippen molar-refractivity contribution in [2.24, 2.45) is 0 Å². The van der Waals surface area contributed by atoms with Gasteiger partial charge < -0.3 is 5.11 Å². The van der Waals surface area contributed by atoms with E-state index in [1.54, 1.807) is 36.7 Å². The number of nitrogens with one attached hydrogen (secondary N) is 2. The van der Waals surface area contributed by atoms with Crippen LogP contribution in [0.15, 0.2) is 60.9 Å². The lowest BCUT2D eigenvalue weighted by Gasteiger charge is -1.94. The third-order valence-corrected chi connectivity index (χ3v) is 3.34. The van der Waals surface area contributed by atoms with Crippen molar-refractivity contribution >= 4 is 0 Å². The number of rotatable bonds is 2. The summed E-state index contributed by atoms with van der Waals surface area (Å²) in [4.78, 5) is 0. The van der Waals surface area contributed by atoms with Crippen LogP contribution in [-0.2, 0) is 0 Å². The third kappa shape index (κ3) is 3.83. The molecule has 2 aromatic heterocycles. The van der Waals surface area contributed by atoms with Crippen LogP contribution < -0.4 is 0 Å². The van der Waals surface area contributed by atoms with Gasteiger partial charge in [-0.2, -0.15) is 30.8 Å². The van der Waals surface area contributed by atoms with Gasteiger partial charge in [0.15, 0.2) is 0 Å². The standard InChI is InChI=1S/C9H9N3.C8H7N3O/c1-7-2-4-8(5-3-7)9-6-10-12-11-9;12-7-3-1-6(2-4-7)8-5-9-11-10-8/h2-6H,1H3,(H,10,11,12);1-5,12H,(H,9,10,11). The summed E-state index contributed by atoms with van der Waals surface area (Å²) in [5, 5.41) is 29.4. The lowest BCUT2D eigenvalue weighted by atomic mass is 10.1. The highest BCUT2D eigenvalue weighted by Gasteiger charge is 1.99. The number of aromatic amines is 2. The largest absolute Gasteiger partial charge is 0.508 e. The smallest absolute Gasteiger partial charge is 0.115 e. The van der Waals surface area contributed by atoms with E-state index in [4.69, 9.17) is 5.11 Å². The molecule has 0 fully saturated rings. The molecule has 0 saturated heterocycles. The number of aromatic hydroxyl groups is 1. The van der Waals surface area contributed by atoms with Gasteiger partial charge in [-0.05, 0) is 31.2 Å². The molecule has 4 rings (SSSR count). The van der Waals surface area contributed by atoms with E-state index in [-0.39, 0.29) is 5.75 Å². The Labute approximate surface area is 138 Å². The number of hydrogen-bond donors (Lipinski definition) is 3. The molecule has 2 aromatic carbocycles. The normalized spacial score (nSPS) is 10.0. The molecule has 0 spiro atoms. The van der Waals surface area contributed by atoms with E-state index in [0.29, 0.717) is 0 Å².